The molecule has 2 aromatic rings. The zero-order chi connectivity index (χ0) is 17.1. The second-order valence-corrected chi connectivity index (χ2v) is 5.87. The van der Waals surface area contributed by atoms with E-state index in [1.807, 2.05) is 19.9 Å². The van der Waals surface area contributed by atoms with Gasteiger partial charge in [0.05, 0.1) is 11.7 Å². The van der Waals surface area contributed by atoms with Crippen molar-refractivity contribution >= 4 is 11.6 Å². The summed E-state index contributed by atoms with van der Waals surface area (Å²) in [6.45, 7) is 4.89. The van der Waals surface area contributed by atoms with E-state index >= 15 is 0 Å². The Morgan fingerprint density at radius 1 is 1.42 bits per heavy atom. The number of nitrogens with one attached hydrogen (secondary N) is 2. The number of ether oxygens (including phenoxy) is 1. The van der Waals surface area contributed by atoms with Gasteiger partial charge < -0.3 is 15.4 Å². The highest BCUT2D eigenvalue weighted by molar-refractivity contribution is 5.94. The molecule has 0 spiro atoms. The molecule has 0 saturated heterocycles. The van der Waals surface area contributed by atoms with Crippen LogP contribution in [0.3, 0.4) is 0 Å². The summed E-state index contributed by atoms with van der Waals surface area (Å²) in [6.07, 6.45) is 0.489. The molecule has 1 atom stereocenters. The Morgan fingerprint density at radius 3 is 2.88 bits per heavy atom. The van der Waals surface area contributed by atoms with Crippen molar-refractivity contribution in [1.82, 2.24) is 10.3 Å². The molecule has 126 valence electrons. The standard InChI is InChI=1S/C18H20FN3O2/c1-3-20-17(23)16-13(8-12-4-6-14(19)7-5-12)9-15-18(22-16)24-10-11(2)21-15/h4-7,9,11,21H,3,8,10H2,1-2H3,(H,20,23)/t11-/m0/s1. The van der Waals surface area contributed by atoms with E-state index in [1.165, 1.54) is 12.1 Å². The average Bonchev–Trinajstić information content (AvgIpc) is 2.56. The average molecular weight is 329 g/mol. The number of pyridine rings is 1. The molecule has 2 N–H and O–H groups in total. The van der Waals surface area contributed by atoms with E-state index in [-0.39, 0.29) is 17.8 Å². The van der Waals surface area contributed by atoms with E-state index in [2.05, 4.69) is 15.6 Å². The maximum absolute atomic E-state index is 13.1. The van der Waals surface area contributed by atoms with Crippen molar-refractivity contribution in [3.63, 3.8) is 0 Å². The van der Waals surface area contributed by atoms with Crippen LogP contribution in [0.2, 0.25) is 0 Å². The van der Waals surface area contributed by atoms with Crippen molar-refractivity contribution in [2.24, 2.45) is 0 Å². The molecule has 0 aliphatic carbocycles. The minimum atomic E-state index is -0.282. The van der Waals surface area contributed by atoms with Crippen LogP contribution in [-0.4, -0.2) is 30.1 Å². The predicted molar refractivity (Wildman–Crippen MR) is 90.0 cm³/mol. The molecular weight excluding hydrogens is 309 g/mol. The van der Waals surface area contributed by atoms with Crippen LogP contribution in [-0.2, 0) is 6.42 Å². The van der Waals surface area contributed by atoms with Crippen molar-refractivity contribution in [2.45, 2.75) is 26.3 Å². The summed E-state index contributed by atoms with van der Waals surface area (Å²) in [6, 6.07) is 8.32. The van der Waals surface area contributed by atoms with Gasteiger partial charge in [-0.2, -0.15) is 0 Å². The van der Waals surface area contributed by atoms with Gasteiger partial charge in [-0.15, -0.1) is 0 Å². The summed E-state index contributed by atoms with van der Waals surface area (Å²) in [7, 11) is 0. The van der Waals surface area contributed by atoms with Gasteiger partial charge in [0.25, 0.3) is 5.91 Å². The number of nitrogens with zero attached hydrogens (tertiary/aromatic N) is 1. The minimum absolute atomic E-state index is 0.174. The largest absolute Gasteiger partial charge is 0.474 e. The monoisotopic (exact) mass is 329 g/mol. The molecule has 24 heavy (non-hydrogen) atoms. The highest BCUT2D eigenvalue weighted by Crippen LogP contribution is 2.30. The Hall–Kier alpha value is -2.63. The number of aromatic nitrogens is 1. The Labute approximate surface area is 140 Å². The number of hydrogen-bond donors (Lipinski definition) is 2. The van der Waals surface area contributed by atoms with Gasteiger partial charge in [0.15, 0.2) is 0 Å². The van der Waals surface area contributed by atoms with Crippen LogP contribution in [0, 0.1) is 5.82 Å². The Kier molecular flexibility index (Phi) is 4.64. The van der Waals surface area contributed by atoms with Crippen molar-refractivity contribution in [1.29, 1.82) is 0 Å². The third-order valence-electron chi connectivity index (χ3n) is 3.80. The van der Waals surface area contributed by atoms with Gasteiger partial charge in [0.2, 0.25) is 5.88 Å². The summed E-state index contributed by atoms with van der Waals surface area (Å²) in [4.78, 5) is 16.8. The topological polar surface area (TPSA) is 63.2 Å². The number of amides is 1. The number of carbonyl (C=O) groups is 1. The predicted octanol–water partition coefficient (Wildman–Crippen LogP) is 2.75. The Bertz CT molecular complexity index is 747. The Morgan fingerprint density at radius 2 is 2.17 bits per heavy atom. The maximum Gasteiger partial charge on any atom is 0.270 e. The Balaban J connectivity index is 1.99. The SMILES string of the molecule is CCNC(=O)c1nc2c(cc1Cc1ccc(F)cc1)N[C@@H](C)CO2. The lowest BCUT2D eigenvalue weighted by Gasteiger charge is -2.25. The maximum atomic E-state index is 13.1. The molecule has 0 bridgehead atoms. The molecule has 1 aromatic carbocycles. The molecule has 2 heterocycles. The second-order valence-electron chi connectivity index (χ2n) is 5.87. The zero-order valence-electron chi connectivity index (χ0n) is 13.7. The fourth-order valence-electron chi connectivity index (χ4n) is 2.66. The van der Waals surface area contributed by atoms with Crippen LogP contribution in [0.4, 0.5) is 10.1 Å². The number of halogens is 1. The van der Waals surface area contributed by atoms with Crippen molar-refractivity contribution < 1.29 is 13.9 Å². The molecule has 0 saturated carbocycles. The molecule has 6 heteroatoms. The summed E-state index contributed by atoms with van der Waals surface area (Å²) >= 11 is 0. The lowest BCUT2D eigenvalue weighted by atomic mass is 10.0. The number of anilines is 1. The van der Waals surface area contributed by atoms with Crippen LogP contribution < -0.4 is 15.4 Å². The fraction of sp³-hybridized carbons (Fsp3) is 0.333. The first-order valence-electron chi connectivity index (χ1n) is 8.02. The molecule has 1 amide bonds. The molecular formula is C18H20FN3O2. The summed E-state index contributed by atoms with van der Waals surface area (Å²) < 4.78 is 18.7. The summed E-state index contributed by atoms with van der Waals surface area (Å²) in [5.74, 6) is -0.0769. The van der Waals surface area contributed by atoms with Crippen LogP contribution in [0.5, 0.6) is 5.88 Å². The lowest BCUT2D eigenvalue weighted by Crippen LogP contribution is -2.31. The third kappa shape index (κ3) is 3.48. The van der Waals surface area contributed by atoms with Gasteiger partial charge in [-0.05, 0) is 49.6 Å². The number of carbonyl (C=O) groups excluding carboxylic acids is 1. The van der Waals surface area contributed by atoms with E-state index in [9.17, 15) is 9.18 Å². The first-order chi connectivity index (χ1) is 11.6. The fourth-order valence-corrected chi connectivity index (χ4v) is 2.66. The number of hydrogen-bond acceptors (Lipinski definition) is 4. The van der Waals surface area contributed by atoms with Gasteiger partial charge in [-0.1, -0.05) is 12.1 Å². The lowest BCUT2D eigenvalue weighted by molar-refractivity contribution is 0.0948. The number of rotatable bonds is 4. The number of fused-ring (bicyclic) bond motifs is 1. The zero-order valence-corrected chi connectivity index (χ0v) is 13.7. The molecule has 1 aromatic heterocycles. The van der Waals surface area contributed by atoms with E-state index in [1.54, 1.807) is 12.1 Å². The van der Waals surface area contributed by atoms with Crippen LogP contribution in [0.25, 0.3) is 0 Å². The van der Waals surface area contributed by atoms with E-state index in [0.717, 1.165) is 16.8 Å². The van der Waals surface area contributed by atoms with E-state index in [4.69, 9.17) is 4.74 Å². The van der Waals surface area contributed by atoms with Crippen LogP contribution in [0.1, 0.15) is 35.5 Å². The van der Waals surface area contributed by atoms with Gasteiger partial charge in [0, 0.05) is 6.54 Å². The molecule has 1 aliphatic rings. The molecule has 0 fully saturated rings. The minimum Gasteiger partial charge on any atom is -0.474 e. The quantitative estimate of drug-likeness (QED) is 0.905. The second kappa shape index (κ2) is 6.86. The third-order valence-corrected chi connectivity index (χ3v) is 3.80. The van der Waals surface area contributed by atoms with Crippen LogP contribution in [0.15, 0.2) is 30.3 Å². The van der Waals surface area contributed by atoms with E-state index < -0.39 is 0 Å². The van der Waals surface area contributed by atoms with Gasteiger partial charge in [0.1, 0.15) is 18.1 Å². The number of benzene rings is 1. The molecule has 5 nitrogen and oxygen atoms in total. The highest BCUT2D eigenvalue weighted by Gasteiger charge is 2.22. The van der Waals surface area contributed by atoms with Gasteiger partial charge >= 0.3 is 0 Å². The normalized spacial score (nSPS) is 15.9. The van der Waals surface area contributed by atoms with Gasteiger partial charge in [-0.25, -0.2) is 9.37 Å². The summed E-state index contributed by atoms with van der Waals surface area (Å²) in [5, 5.41) is 6.09. The van der Waals surface area contributed by atoms with Crippen LogP contribution >= 0.6 is 0 Å². The molecule has 3 rings (SSSR count). The van der Waals surface area contributed by atoms with Crippen molar-refractivity contribution in [3.8, 4) is 5.88 Å². The smallest absolute Gasteiger partial charge is 0.270 e. The first-order valence-corrected chi connectivity index (χ1v) is 8.02. The van der Waals surface area contributed by atoms with Crippen molar-refractivity contribution in [3.05, 3.63) is 53.0 Å². The molecule has 0 unspecified atom stereocenters. The first kappa shape index (κ1) is 16.2. The molecule has 0 radical (unpaired) electrons. The van der Waals surface area contributed by atoms with Gasteiger partial charge in [-0.3, -0.25) is 4.79 Å². The van der Waals surface area contributed by atoms with E-state index in [0.29, 0.717) is 31.1 Å². The molecule has 1 aliphatic heterocycles. The highest BCUT2D eigenvalue weighted by atomic mass is 19.1. The van der Waals surface area contributed by atoms with Crippen molar-refractivity contribution in [2.75, 3.05) is 18.5 Å². The summed E-state index contributed by atoms with van der Waals surface area (Å²) in [5.41, 5.74) is 2.81.